The van der Waals surface area contributed by atoms with Gasteiger partial charge in [0.15, 0.2) is 0 Å². The first-order valence-corrected chi connectivity index (χ1v) is 7.93. The van der Waals surface area contributed by atoms with Crippen molar-refractivity contribution in [1.82, 2.24) is 15.5 Å². The lowest BCUT2D eigenvalue weighted by Gasteiger charge is -2.37. The summed E-state index contributed by atoms with van der Waals surface area (Å²) in [6, 6.07) is 6.23. The first-order valence-electron chi connectivity index (χ1n) is 7.93. The lowest BCUT2D eigenvalue weighted by molar-refractivity contribution is -0.135. The van der Waals surface area contributed by atoms with Gasteiger partial charge in [0.1, 0.15) is 5.82 Å². The van der Waals surface area contributed by atoms with Gasteiger partial charge in [-0.15, -0.1) is 0 Å². The molecule has 3 rings (SSSR count). The number of carbonyl (C=O) groups excluding carboxylic acids is 2. The highest BCUT2D eigenvalue weighted by atomic mass is 19.1. The Hall–Kier alpha value is -2.15. The van der Waals surface area contributed by atoms with Gasteiger partial charge in [-0.05, 0) is 12.1 Å². The standard InChI is InChI=1S/C16H21FN4O2/c17-12-3-1-2-4-14(12)20-7-9-21(10-8-20)15(22)11-13-16(23)19-6-5-18-13/h1-4,13,18H,5-11H2,(H,19,23)/t13-/m0/s1. The van der Waals surface area contributed by atoms with Crippen LogP contribution >= 0.6 is 0 Å². The van der Waals surface area contributed by atoms with E-state index in [1.54, 1.807) is 17.0 Å². The Balaban J connectivity index is 1.53. The molecular formula is C16H21FN4O2. The molecule has 1 aromatic carbocycles. The topological polar surface area (TPSA) is 64.7 Å². The minimum absolute atomic E-state index is 0.0345. The van der Waals surface area contributed by atoms with Crippen LogP contribution < -0.4 is 15.5 Å². The first kappa shape index (κ1) is 15.7. The van der Waals surface area contributed by atoms with Gasteiger partial charge in [-0.2, -0.15) is 0 Å². The molecule has 23 heavy (non-hydrogen) atoms. The lowest BCUT2D eigenvalue weighted by atomic mass is 10.1. The Kier molecular flexibility index (Phi) is 4.76. The third kappa shape index (κ3) is 3.61. The Morgan fingerprint density at radius 1 is 1.17 bits per heavy atom. The number of piperazine rings is 2. The molecule has 7 heteroatoms. The number of para-hydroxylation sites is 1. The molecule has 2 fully saturated rings. The molecule has 2 amide bonds. The first-order chi connectivity index (χ1) is 11.1. The van der Waals surface area contributed by atoms with E-state index >= 15 is 0 Å². The van der Waals surface area contributed by atoms with Gasteiger partial charge in [-0.1, -0.05) is 12.1 Å². The molecule has 0 aromatic heterocycles. The Labute approximate surface area is 134 Å². The summed E-state index contributed by atoms with van der Waals surface area (Å²) in [5.41, 5.74) is 0.577. The van der Waals surface area contributed by atoms with Crippen molar-refractivity contribution in [3.05, 3.63) is 30.1 Å². The van der Waals surface area contributed by atoms with Crippen molar-refractivity contribution in [3.63, 3.8) is 0 Å². The molecule has 2 saturated heterocycles. The van der Waals surface area contributed by atoms with Crippen LogP contribution in [0.4, 0.5) is 10.1 Å². The third-order valence-electron chi connectivity index (χ3n) is 4.34. The highest BCUT2D eigenvalue weighted by molar-refractivity contribution is 5.88. The van der Waals surface area contributed by atoms with Crippen molar-refractivity contribution < 1.29 is 14.0 Å². The zero-order valence-electron chi connectivity index (χ0n) is 12.9. The van der Waals surface area contributed by atoms with Crippen molar-refractivity contribution in [2.24, 2.45) is 0 Å². The van der Waals surface area contributed by atoms with E-state index in [1.807, 2.05) is 11.0 Å². The molecule has 2 aliphatic heterocycles. The zero-order valence-corrected chi connectivity index (χ0v) is 12.9. The molecule has 1 aromatic rings. The van der Waals surface area contributed by atoms with Crippen molar-refractivity contribution in [2.75, 3.05) is 44.2 Å². The van der Waals surface area contributed by atoms with E-state index in [1.165, 1.54) is 6.07 Å². The van der Waals surface area contributed by atoms with Gasteiger partial charge >= 0.3 is 0 Å². The van der Waals surface area contributed by atoms with E-state index in [-0.39, 0.29) is 24.1 Å². The van der Waals surface area contributed by atoms with E-state index in [2.05, 4.69) is 10.6 Å². The molecule has 0 radical (unpaired) electrons. The van der Waals surface area contributed by atoms with Crippen LogP contribution in [0.3, 0.4) is 0 Å². The minimum Gasteiger partial charge on any atom is -0.366 e. The molecule has 2 aliphatic rings. The highest BCUT2D eigenvalue weighted by Gasteiger charge is 2.28. The monoisotopic (exact) mass is 320 g/mol. The molecule has 0 saturated carbocycles. The maximum absolute atomic E-state index is 13.8. The van der Waals surface area contributed by atoms with Gasteiger partial charge in [-0.3, -0.25) is 9.59 Å². The molecule has 0 unspecified atom stereocenters. The van der Waals surface area contributed by atoms with Gasteiger partial charge < -0.3 is 20.4 Å². The highest BCUT2D eigenvalue weighted by Crippen LogP contribution is 2.20. The smallest absolute Gasteiger partial charge is 0.237 e. The number of rotatable bonds is 3. The number of nitrogens with one attached hydrogen (secondary N) is 2. The average molecular weight is 320 g/mol. The fourth-order valence-electron chi connectivity index (χ4n) is 3.02. The summed E-state index contributed by atoms with van der Waals surface area (Å²) in [6.45, 7) is 3.56. The maximum Gasteiger partial charge on any atom is 0.237 e. The summed E-state index contributed by atoms with van der Waals surface area (Å²) in [5, 5.41) is 5.81. The summed E-state index contributed by atoms with van der Waals surface area (Å²) in [7, 11) is 0. The molecular weight excluding hydrogens is 299 g/mol. The molecule has 2 heterocycles. The van der Waals surface area contributed by atoms with E-state index in [9.17, 15) is 14.0 Å². The minimum atomic E-state index is -0.444. The second-order valence-corrected chi connectivity index (χ2v) is 5.82. The van der Waals surface area contributed by atoms with Gasteiger partial charge in [0.05, 0.1) is 18.2 Å². The SMILES string of the molecule is O=C1NCCN[C@H]1CC(=O)N1CCN(c2ccccc2F)CC1. The number of benzene rings is 1. The van der Waals surface area contributed by atoms with Crippen molar-refractivity contribution in [1.29, 1.82) is 0 Å². The number of hydrogen-bond acceptors (Lipinski definition) is 4. The Morgan fingerprint density at radius 3 is 2.61 bits per heavy atom. The Morgan fingerprint density at radius 2 is 1.91 bits per heavy atom. The molecule has 0 bridgehead atoms. The molecule has 2 N–H and O–H groups in total. The van der Waals surface area contributed by atoms with E-state index in [0.29, 0.717) is 45.0 Å². The van der Waals surface area contributed by atoms with Crippen LogP contribution in [0, 0.1) is 5.82 Å². The van der Waals surface area contributed by atoms with Crippen LogP contribution in [-0.4, -0.2) is 62.0 Å². The predicted octanol–water partition coefficient (Wildman–Crippen LogP) is -0.0476. The summed E-state index contributed by atoms with van der Waals surface area (Å²) in [6.07, 6.45) is 0.172. The van der Waals surface area contributed by atoms with Crippen molar-refractivity contribution >= 4 is 17.5 Å². The van der Waals surface area contributed by atoms with Crippen LogP contribution in [0.15, 0.2) is 24.3 Å². The van der Waals surface area contributed by atoms with Crippen LogP contribution in [0.1, 0.15) is 6.42 Å². The second-order valence-electron chi connectivity index (χ2n) is 5.82. The van der Waals surface area contributed by atoms with Gasteiger partial charge in [-0.25, -0.2) is 4.39 Å². The van der Waals surface area contributed by atoms with Gasteiger partial charge in [0.2, 0.25) is 11.8 Å². The van der Waals surface area contributed by atoms with E-state index in [0.717, 1.165) is 0 Å². The quantitative estimate of drug-likeness (QED) is 0.820. The maximum atomic E-state index is 13.8. The van der Waals surface area contributed by atoms with Crippen molar-refractivity contribution in [3.8, 4) is 0 Å². The number of halogens is 1. The number of hydrogen-bond donors (Lipinski definition) is 2. The molecule has 124 valence electrons. The van der Waals surface area contributed by atoms with Crippen LogP contribution in [-0.2, 0) is 9.59 Å². The van der Waals surface area contributed by atoms with Crippen LogP contribution in [0.25, 0.3) is 0 Å². The molecule has 6 nitrogen and oxygen atoms in total. The number of amides is 2. The Bertz CT molecular complexity index is 587. The van der Waals surface area contributed by atoms with Crippen LogP contribution in [0.5, 0.6) is 0 Å². The average Bonchev–Trinajstić information content (AvgIpc) is 2.57. The van der Waals surface area contributed by atoms with E-state index < -0.39 is 6.04 Å². The van der Waals surface area contributed by atoms with Crippen LogP contribution in [0.2, 0.25) is 0 Å². The predicted molar refractivity (Wildman–Crippen MR) is 84.6 cm³/mol. The van der Waals surface area contributed by atoms with Crippen molar-refractivity contribution in [2.45, 2.75) is 12.5 Å². The fraction of sp³-hybridized carbons (Fsp3) is 0.500. The second kappa shape index (κ2) is 6.95. The third-order valence-corrected chi connectivity index (χ3v) is 4.34. The summed E-state index contributed by atoms with van der Waals surface area (Å²) < 4.78 is 13.8. The molecule has 0 spiro atoms. The number of anilines is 1. The summed E-state index contributed by atoms with van der Waals surface area (Å²) >= 11 is 0. The zero-order chi connectivity index (χ0) is 16.2. The molecule has 0 aliphatic carbocycles. The number of nitrogens with zero attached hydrogens (tertiary/aromatic N) is 2. The van der Waals surface area contributed by atoms with Gasteiger partial charge in [0, 0.05) is 39.3 Å². The largest absolute Gasteiger partial charge is 0.366 e. The summed E-state index contributed by atoms with van der Waals surface area (Å²) in [4.78, 5) is 27.7. The number of carbonyl (C=O) groups is 2. The normalized spacial score (nSPS) is 22.0. The van der Waals surface area contributed by atoms with Gasteiger partial charge in [0.25, 0.3) is 0 Å². The van der Waals surface area contributed by atoms with E-state index in [4.69, 9.17) is 0 Å². The fourth-order valence-corrected chi connectivity index (χ4v) is 3.02. The molecule has 1 atom stereocenters. The summed E-state index contributed by atoms with van der Waals surface area (Å²) in [5.74, 6) is -0.391. The lowest BCUT2D eigenvalue weighted by Crippen LogP contribution is -2.56.